The molecule has 2 aromatic carbocycles. The molecule has 5 N–H and O–H groups in total. The molecule has 1 aliphatic rings. The normalized spacial score (nSPS) is 12.7. The van der Waals surface area contributed by atoms with Gasteiger partial charge in [0.2, 0.25) is 0 Å². The summed E-state index contributed by atoms with van der Waals surface area (Å²) in [6.07, 6.45) is 3.58. The van der Waals surface area contributed by atoms with Gasteiger partial charge in [-0.2, -0.15) is 5.10 Å². The number of halogens is 2. The number of nitrogens with two attached hydrogens (primary N) is 1. The predicted molar refractivity (Wildman–Crippen MR) is 172 cm³/mol. The Bertz CT molecular complexity index is 1780. The Balaban J connectivity index is 0.000000447. The van der Waals surface area contributed by atoms with Gasteiger partial charge in [0.15, 0.2) is 17.2 Å². The molecule has 0 spiro atoms. The fourth-order valence-electron chi connectivity index (χ4n) is 4.89. The molecule has 0 saturated heterocycles. The van der Waals surface area contributed by atoms with Gasteiger partial charge in [-0.25, -0.2) is 23.5 Å². The highest BCUT2D eigenvalue weighted by molar-refractivity contribution is 5.97. The molecule has 4 aromatic rings. The highest BCUT2D eigenvalue weighted by Gasteiger charge is 2.29. The molecule has 1 atom stereocenters. The lowest BCUT2D eigenvalue weighted by molar-refractivity contribution is 0.0547. The Kier molecular flexibility index (Phi) is 13.1. The minimum atomic E-state index is -1.39. The number of benzene rings is 2. The molecule has 12 nitrogen and oxygen atoms in total. The van der Waals surface area contributed by atoms with Gasteiger partial charge in [0, 0.05) is 25.2 Å². The summed E-state index contributed by atoms with van der Waals surface area (Å²) in [4.78, 5) is 51.4. The van der Waals surface area contributed by atoms with Crippen LogP contribution in [-0.2, 0) is 17.7 Å². The lowest BCUT2D eigenvalue weighted by atomic mass is 9.98. The first kappa shape index (κ1) is 37.0. The fraction of sp³-hybridized carbons (Fsp3) is 0.250. The second kappa shape index (κ2) is 16.3. The summed E-state index contributed by atoms with van der Waals surface area (Å²) in [6, 6.07) is 11.4. The van der Waals surface area contributed by atoms with E-state index in [0.29, 0.717) is 30.5 Å². The average molecular weight is 655 g/mol. The van der Waals surface area contributed by atoms with Crippen molar-refractivity contribution in [3.05, 3.63) is 112 Å². The zero-order chi connectivity index (χ0) is 32.0. The van der Waals surface area contributed by atoms with Crippen LogP contribution in [0.3, 0.4) is 0 Å². The molecule has 244 valence electrons. The van der Waals surface area contributed by atoms with E-state index < -0.39 is 29.4 Å². The summed E-state index contributed by atoms with van der Waals surface area (Å²) in [5.74, 6) is -3.36. The molecular weight excluding hydrogens is 619 g/mol. The van der Waals surface area contributed by atoms with E-state index in [-0.39, 0.29) is 49.7 Å². The number of hydrogen-bond donors (Lipinski definition) is 4. The number of amides is 2. The molecule has 0 fully saturated rings. The first-order valence-electron chi connectivity index (χ1n) is 13.6. The van der Waals surface area contributed by atoms with E-state index in [1.807, 2.05) is 19.1 Å². The molecular formula is C32H36ClFN6O6. The van der Waals surface area contributed by atoms with E-state index in [0.717, 1.165) is 39.0 Å². The number of aromatic carboxylic acids is 1. The van der Waals surface area contributed by atoms with E-state index in [1.165, 1.54) is 6.08 Å². The summed E-state index contributed by atoms with van der Waals surface area (Å²) in [7, 11) is 1.61. The molecule has 1 aliphatic carbocycles. The molecule has 2 heterocycles. The van der Waals surface area contributed by atoms with Gasteiger partial charge in [-0.1, -0.05) is 38.3 Å². The van der Waals surface area contributed by atoms with Crippen molar-refractivity contribution in [3.63, 3.8) is 0 Å². The number of aromatic nitrogens is 3. The maximum Gasteiger partial charge on any atom is 0.354 e. The number of nitrogens with one attached hydrogen (secondary N) is 2. The molecule has 46 heavy (non-hydrogen) atoms. The Labute approximate surface area is 271 Å². The van der Waals surface area contributed by atoms with Crippen molar-refractivity contribution in [2.24, 2.45) is 5.73 Å². The van der Waals surface area contributed by atoms with Crippen molar-refractivity contribution in [1.29, 1.82) is 0 Å². The molecule has 5 rings (SSSR count). The third-order valence-electron chi connectivity index (χ3n) is 7.08. The number of carboxylic acid groups (broad SMARTS) is 1. The highest BCUT2D eigenvalue weighted by Crippen LogP contribution is 2.35. The number of carboxylic acids is 1. The number of nitrogens with zero attached hydrogens (tertiary/aromatic N) is 3. The number of fused-ring (bicyclic) bond motifs is 2. The van der Waals surface area contributed by atoms with E-state index in [1.54, 1.807) is 31.3 Å². The quantitative estimate of drug-likeness (QED) is 0.160. The maximum atomic E-state index is 13.9. The number of carbonyl (C=O) groups excluding carboxylic acids is 3. The van der Waals surface area contributed by atoms with Crippen LogP contribution in [0.25, 0.3) is 5.65 Å². The number of hydrogen-bond acceptors (Lipinski definition) is 8. The Morgan fingerprint density at radius 2 is 1.93 bits per heavy atom. The Morgan fingerprint density at radius 1 is 1.20 bits per heavy atom. The molecule has 0 bridgehead atoms. The van der Waals surface area contributed by atoms with E-state index in [9.17, 15) is 28.7 Å². The van der Waals surface area contributed by atoms with Gasteiger partial charge >= 0.3 is 11.9 Å². The largest absolute Gasteiger partial charge is 0.477 e. The molecule has 0 unspecified atom stereocenters. The van der Waals surface area contributed by atoms with Crippen LogP contribution in [0.2, 0.25) is 0 Å². The van der Waals surface area contributed by atoms with E-state index in [2.05, 4.69) is 27.3 Å². The second-order valence-corrected chi connectivity index (χ2v) is 9.80. The minimum Gasteiger partial charge on any atom is -0.477 e. The van der Waals surface area contributed by atoms with Gasteiger partial charge in [-0.3, -0.25) is 9.59 Å². The van der Waals surface area contributed by atoms with Crippen molar-refractivity contribution in [3.8, 4) is 0 Å². The first-order valence-corrected chi connectivity index (χ1v) is 13.6. The predicted octanol–water partition coefficient (Wildman–Crippen LogP) is 4.20. The zero-order valence-corrected chi connectivity index (χ0v) is 25.3. The van der Waals surface area contributed by atoms with Crippen molar-refractivity contribution in [2.75, 3.05) is 13.7 Å². The van der Waals surface area contributed by atoms with Crippen LogP contribution < -0.4 is 16.4 Å². The lowest BCUT2D eigenvalue weighted by Crippen LogP contribution is -2.29. The SMILES string of the molecule is C.C=CCOC(=O)c1ccc2c(c1C)CC[C@@H]2NC(=O)c1cc(C(=O)O)nc2c(F)cnn12.CNC(=O)c1cccc(CN)c1.Cl. The summed E-state index contributed by atoms with van der Waals surface area (Å²) in [5, 5.41) is 18.5. The monoisotopic (exact) mass is 654 g/mol. The maximum absolute atomic E-state index is 13.9. The number of rotatable bonds is 8. The summed E-state index contributed by atoms with van der Waals surface area (Å²) >= 11 is 0. The zero-order valence-electron chi connectivity index (χ0n) is 24.5. The molecule has 2 amide bonds. The van der Waals surface area contributed by atoms with Crippen LogP contribution in [0.1, 0.15) is 83.8 Å². The number of ether oxygens (including phenoxy) is 1. The Morgan fingerprint density at radius 3 is 2.59 bits per heavy atom. The molecule has 0 saturated carbocycles. The third kappa shape index (κ3) is 7.92. The van der Waals surface area contributed by atoms with Gasteiger partial charge in [-0.15, -0.1) is 12.4 Å². The minimum absolute atomic E-state index is 0. The average Bonchev–Trinajstić information content (AvgIpc) is 3.62. The molecule has 0 radical (unpaired) electrons. The van der Waals surface area contributed by atoms with Crippen molar-refractivity contribution < 1.29 is 33.4 Å². The third-order valence-corrected chi connectivity index (χ3v) is 7.08. The van der Waals surface area contributed by atoms with Crippen LogP contribution in [-0.4, -0.2) is 57.1 Å². The van der Waals surface area contributed by atoms with E-state index >= 15 is 0 Å². The summed E-state index contributed by atoms with van der Waals surface area (Å²) in [5.41, 5.74) is 9.12. The van der Waals surface area contributed by atoms with Gasteiger partial charge < -0.3 is 26.2 Å². The second-order valence-electron chi connectivity index (χ2n) is 9.80. The van der Waals surface area contributed by atoms with E-state index in [4.69, 9.17) is 10.5 Å². The smallest absolute Gasteiger partial charge is 0.354 e. The van der Waals surface area contributed by atoms with Crippen LogP contribution in [0, 0.1) is 12.7 Å². The topological polar surface area (TPSA) is 178 Å². The van der Waals surface area contributed by atoms with Crippen LogP contribution in [0.4, 0.5) is 4.39 Å². The highest BCUT2D eigenvalue weighted by atomic mass is 35.5. The lowest BCUT2D eigenvalue weighted by Gasteiger charge is -2.16. The van der Waals surface area contributed by atoms with Gasteiger partial charge in [0.1, 0.15) is 12.3 Å². The molecule has 0 aliphatic heterocycles. The Hall–Kier alpha value is -5.14. The standard InChI is InChI=1S/C22H19FN4O5.C9H12N2O.CH4.ClH/c1-3-8-32-22(31)13-4-5-14-12(11(13)2)6-7-16(14)26-20(28)18-9-17(21(29)30)25-19-15(23)10-24-27(18)19;1-11-9(12)8-4-2-3-7(5-8)6-10;;/h3-5,9-10,16H,1,6-8H2,2H3,(H,26,28)(H,29,30);2-5H,6,10H2,1H3,(H,11,12);1H4;1H/t16-;;;/m0.../s1. The summed E-state index contributed by atoms with van der Waals surface area (Å²) in [6.45, 7) is 5.92. The van der Waals surface area contributed by atoms with Crippen LogP contribution in [0.15, 0.2) is 61.3 Å². The molecule has 2 aromatic heterocycles. The van der Waals surface area contributed by atoms with Crippen LogP contribution >= 0.6 is 12.4 Å². The number of esters is 1. The van der Waals surface area contributed by atoms with Crippen molar-refractivity contribution >= 4 is 41.8 Å². The van der Waals surface area contributed by atoms with Crippen LogP contribution in [0.5, 0.6) is 0 Å². The van der Waals surface area contributed by atoms with Gasteiger partial charge in [0.25, 0.3) is 11.8 Å². The fourth-order valence-corrected chi connectivity index (χ4v) is 4.89. The van der Waals surface area contributed by atoms with Crippen molar-refractivity contribution in [2.45, 2.75) is 39.8 Å². The van der Waals surface area contributed by atoms with Crippen molar-refractivity contribution in [1.82, 2.24) is 25.2 Å². The van der Waals surface area contributed by atoms with Gasteiger partial charge in [0.05, 0.1) is 17.8 Å². The van der Waals surface area contributed by atoms with Gasteiger partial charge in [-0.05, 0) is 60.2 Å². The number of carbonyl (C=O) groups is 4. The summed E-state index contributed by atoms with van der Waals surface area (Å²) < 4.78 is 20.0. The first-order chi connectivity index (χ1) is 21.1. The molecule has 14 heteroatoms.